The standard InChI is InChI=1S/C30H30N2O7S2/c1-19(38-21(3)34)30(29(36)39-26(22-11-6-4-7-12-22)23-13-8-5-9-14-23)17-31-27(35)25(28(31)41(37)18-30)32(20(2)33)24-15-10-16-40-24/h4-16,19,25-26,28H,17-18H2,1-3H3/t19?,25?,28-,30?,41?/m1/s1. The predicted molar refractivity (Wildman–Crippen MR) is 154 cm³/mol. The fraction of sp³-hybridized carbons (Fsp3) is 0.333. The zero-order valence-electron chi connectivity index (χ0n) is 22.8. The van der Waals surface area contributed by atoms with E-state index in [0.29, 0.717) is 5.00 Å². The van der Waals surface area contributed by atoms with E-state index < -0.39 is 58.1 Å². The second kappa shape index (κ2) is 11.7. The van der Waals surface area contributed by atoms with Gasteiger partial charge in [-0.2, -0.15) is 0 Å². The van der Waals surface area contributed by atoms with Crippen LogP contribution in [0.15, 0.2) is 78.2 Å². The Balaban J connectivity index is 1.48. The third-order valence-corrected chi connectivity index (χ3v) is 10.3. The van der Waals surface area contributed by atoms with Crippen LogP contribution in [0.1, 0.15) is 38.0 Å². The molecule has 0 N–H and O–H groups in total. The lowest BCUT2D eigenvalue weighted by atomic mass is 9.81. The van der Waals surface area contributed by atoms with Crippen molar-refractivity contribution in [2.75, 3.05) is 17.2 Å². The van der Waals surface area contributed by atoms with Crippen LogP contribution in [0.3, 0.4) is 0 Å². The van der Waals surface area contributed by atoms with E-state index in [4.69, 9.17) is 9.47 Å². The van der Waals surface area contributed by atoms with Gasteiger partial charge in [-0.1, -0.05) is 60.7 Å². The summed E-state index contributed by atoms with van der Waals surface area (Å²) in [6, 6.07) is 21.0. The number of amides is 2. The van der Waals surface area contributed by atoms with Gasteiger partial charge in [-0.05, 0) is 46.7 Å². The van der Waals surface area contributed by atoms with E-state index in [2.05, 4.69) is 0 Å². The maximum Gasteiger partial charge on any atom is 0.323 e. The van der Waals surface area contributed by atoms with E-state index in [1.54, 1.807) is 24.4 Å². The normalized spacial score (nSPS) is 24.2. The summed E-state index contributed by atoms with van der Waals surface area (Å²) in [6.45, 7) is 3.97. The Kier molecular flexibility index (Phi) is 8.21. The fourth-order valence-electron chi connectivity index (χ4n) is 5.49. The highest BCUT2D eigenvalue weighted by Gasteiger charge is 2.68. The Bertz CT molecular complexity index is 1380. The largest absolute Gasteiger partial charge is 0.615 e. The van der Waals surface area contributed by atoms with Crippen LogP contribution in [0.25, 0.3) is 0 Å². The van der Waals surface area contributed by atoms with Crippen molar-refractivity contribution in [1.29, 1.82) is 0 Å². The van der Waals surface area contributed by atoms with Crippen molar-refractivity contribution in [3.05, 3.63) is 89.3 Å². The van der Waals surface area contributed by atoms with E-state index in [0.717, 1.165) is 11.1 Å². The lowest BCUT2D eigenvalue weighted by molar-refractivity contribution is -0.178. The van der Waals surface area contributed by atoms with Crippen LogP contribution in [-0.2, 0) is 39.8 Å². The van der Waals surface area contributed by atoms with Gasteiger partial charge in [0.1, 0.15) is 11.9 Å². The Morgan fingerprint density at radius 1 is 1.00 bits per heavy atom. The minimum absolute atomic E-state index is 0.168. The number of rotatable bonds is 8. The van der Waals surface area contributed by atoms with E-state index in [1.807, 2.05) is 60.7 Å². The number of hydrogen-bond acceptors (Lipinski definition) is 8. The van der Waals surface area contributed by atoms with Crippen molar-refractivity contribution >= 4 is 51.3 Å². The Morgan fingerprint density at radius 3 is 2.12 bits per heavy atom. The molecule has 214 valence electrons. The third kappa shape index (κ3) is 5.37. The lowest BCUT2D eigenvalue weighted by Gasteiger charge is -2.56. The van der Waals surface area contributed by atoms with Gasteiger partial charge in [0.15, 0.2) is 17.6 Å². The van der Waals surface area contributed by atoms with Gasteiger partial charge >= 0.3 is 11.9 Å². The molecule has 2 saturated heterocycles. The second-order valence-electron chi connectivity index (χ2n) is 10.2. The summed E-state index contributed by atoms with van der Waals surface area (Å²) in [6.07, 6.45) is -1.83. The summed E-state index contributed by atoms with van der Waals surface area (Å²) in [5, 5.41) is 1.56. The molecular weight excluding hydrogens is 564 g/mol. The SMILES string of the molecule is CC(=O)OC(C)C1(C(=O)OC(c2ccccc2)c2ccccc2)CN2C(=O)C(N(C(C)=O)c3cccs3)[C@H]2[S+]([O-])C1. The molecule has 3 heterocycles. The molecule has 9 nitrogen and oxygen atoms in total. The van der Waals surface area contributed by atoms with Crippen LogP contribution in [0.5, 0.6) is 0 Å². The van der Waals surface area contributed by atoms with Crippen LogP contribution < -0.4 is 4.90 Å². The van der Waals surface area contributed by atoms with Crippen LogP contribution in [0.4, 0.5) is 5.00 Å². The number of ether oxygens (including phenoxy) is 2. The van der Waals surface area contributed by atoms with Crippen molar-refractivity contribution in [3.8, 4) is 0 Å². The fourth-order valence-corrected chi connectivity index (χ4v) is 8.41. The quantitative estimate of drug-likeness (QED) is 0.222. The van der Waals surface area contributed by atoms with Gasteiger partial charge in [-0.25, -0.2) is 0 Å². The summed E-state index contributed by atoms with van der Waals surface area (Å²) < 4.78 is 25.5. The van der Waals surface area contributed by atoms with E-state index >= 15 is 0 Å². The van der Waals surface area contributed by atoms with E-state index in [1.165, 1.54) is 35.0 Å². The highest BCUT2D eigenvalue weighted by molar-refractivity contribution is 7.92. The number of fused-ring (bicyclic) bond motifs is 1. The molecule has 5 rings (SSSR count). The first-order valence-corrected chi connectivity index (χ1v) is 15.4. The third-order valence-electron chi connectivity index (χ3n) is 7.55. The molecule has 11 heteroatoms. The highest BCUT2D eigenvalue weighted by Crippen LogP contribution is 2.45. The van der Waals surface area contributed by atoms with Gasteiger partial charge in [-0.15, -0.1) is 11.3 Å². The van der Waals surface area contributed by atoms with Crippen LogP contribution in [-0.4, -0.2) is 63.0 Å². The Morgan fingerprint density at radius 2 is 1.61 bits per heavy atom. The van der Waals surface area contributed by atoms with E-state index in [9.17, 15) is 23.7 Å². The number of carbonyl (C=O) groups excluding carboxylic acids is 4. The molecule has 2 aliphatic rings. The zero-order valence-corrected chi connectivity index (χ0v) is 24.4. The van der Waals surface area contributed by atoms with Crippen molar-refractivity contribution < 1.29 is 33.2 Å². The summed E-state index contributed by atoms with van der Waals surface area (Å²) in [5.74, 6) is -2.33. The second-order valence-corrected chi connectivity index (χ2v) is 12.6. The number of β-lactam (4-membered cyclic amide) rings is 1. The summed E-state index contributed by atoms with van der Waals surface area (Å²) in [7, 11) is 0. The van der Waals surface area contributed by atoms with Crippen molar-refractivity contribution in [3.63, 3.8) is 0 Å². The molecule has 2 aromatic carbocycles. The molecule has 41 heavy (non-hydrogen) atoms. The monoisotopic (exact) mass is 594 g/mol. The van der Waals surface area contributed by atoms with Crippen molar-refractivity contribution in [2.24, 2.45) is 5.41 Å². The molecule has 4 unspecified atom stereocenters. The molecule has 5 atom stereocenters. The summed E-state index contributed by atoms with van der Waals surface area (Å²) in [4.78, 5) is 55.1. The van der Waals surface area contributed by atoms with E-state index in [-0.39, 0.29) is 18.2 Å². The Hall–Kier alpha value is -3.67. The number of hydrogen-bond donors (Lipinski definition) is 0. The number of nitrogens with zero attached hydrogens (tertiary/aromatic N) is 2. The molecule has 3 aromatic rings. The number of esters is 2. The van der Waals surface area contributed by atoms with Gasteiger partial charge in [0.25, 0.3) is 5.91 Å². The molecule has 1 aromatic heterocycles. The molecule has 0 saturated carbocycles. The molecule has 0 spiro atoms. The number of anilines is 1. The predicted octanol–water partition coefficient (Wildman–Crippen LogP) is 3.67. The van der Waals surface area contributed by atoms with Crippen molar-refractivity contribution in [2.45, 2.75) is 44.4 Å². The van der Waals surface area contributed by atoms with Crippen LogP contribution in [0.2, 0.25) is 0 Å². The van der Waals surface area contributed by atoms with Crippen LogP contribution in [0, 0.1) is 5.41 Å². The van der Waals surface area contributed by atoms with Crippen LogP contribution >= 0.6 is 11.3 Å². The molecule has 2 fully saturated rings. The molecule has 0 radical (unpaired) electrons. The average Bonchev–Trinajstić information content (AvgIpc) is 3.49. The van der Waals surface area contributed by atoms with Crippen molar-refractivity contribution in [1.82, 2.24) is 4.90 Å². The molecular formula is C30H30N2O7S2. The van der Waals surface area contributed by atoms with Gasteiger partial charge in [0, 0.05) is 20.4 Å². The summed E-state index contributed by atoms with van der Waals surface area (Å²) in [5.41, 5.74) is -0.144. The highest BCUT2D eigenvalue weighted by atomic mass is 32.2. The molecule has 0 aliphatic carbocycles. The first-order valence-electron chi connectivity index (χ1n) is 13.1. The van der Waals surface area contributed by atoms with Gasteiger partial charge in [-0.3, -0.25) is 29.0 Å². The summed E-state index contributed by atoms with van der Waals surface area (Å²) >= 11 is -0.481. The topological polar surface area (TPSA) is 116 Å². The lowest BCUT2D eigenvalue weighted by Crippen LogP contribution is -2.80. The molecule has 0 bridgehead atoms. The van der Waals surface area contributed by atoms with Gasteiger partial charge in [0.05, 0.1) is 5.00 Å². The smallest absolute Gasteiger partial charge is 0.323 e. The number of thiophene rings is 1. The minimum atomic E-state index is -1.78. The van der Waals surface area contributed by atoms with Gasteiger partial charge < -0.3 is 14.0 Å². The number of carbonyl (C=O) groups is 4. The van der Waals surface area contributed by atoms with Gasteiger partial charge in [0.2, 0.25) is 11.3 Å². The first-order chi connectivity index (χ1) is 19.6. The maximum absolute atomic E-state index is 14.2. The first kappa shape index (κ1) is 28.8. The Labute approximate surface area is 245 Å². The average molecular weight is 595 g/mol. The maximum atomic E-state index is 14.2. The number of benzene rings is 2. The zero-order chi connectivity index (χ0) is 29.3. The molecule has 2 aliphatic heterocycles. The minimum Gasteiger partial charge on any atom is -0.615 e. The molecule has 2 amide bonds.